The number of ether oxygens (including phenoxy) is 3. The predicted octanol–water partition coefficient (Wildman–Crippen LogP) is 4.71. The Morgan fingerprint density at radius 1 is 1.21 bits per heavy atom. The van der Waals surface area contributed by atoms with Gasteiger partial charge in [0, 0.05) is 30.5 Å². The van der Waals surface area contributed by atoms with Crippen LogP contribution in [-0.4, -0.2) is 25.7 Å². The average Bonchev–Trinajstić information content (AvgIpc) is 2.92. The lowest BCUT2D eigenvalue weighted by molar-refractivity contribution is 0.0912. The van der Waals surface area contributed by atoms with Gasteiger partial charge in [-0.15, -0.1) is 0 Å². The second-order valence-electron chi connectivity index (χ2n) is 6.68. The van der Waals surface area contributed by atoms with Crippen molar-refractivity contribution in [3.63, 3.8) is 0 Å². The van der Waals surface area contributed by atoms with Gasteiger partial charge in [0.25, 0.3) is 5.91 Å². The summed E-state index contributed by atoms with van der Waals surface area (Å²) >= 11 is 6.34. The van der Waals surface area contributed by atoms with E-state index in [0.717, 1.165) is 22.9 Å². The summed E-state index contributed by atoms with van der Waals surface area (Å²) in [6.07, 6.45) is 0.797. The average molecular weight is 416 g/mol. The molecule has 1 aromatic heterocycles. The minimum atomic E-state index is -0.306. The zero-order valence-electron chi connectivity index (χ0n) is 16.1. The number of halogens is 1. The molecule has 1 N–H and O–H groups in total. The third-order valence-electron chi connectivity index (χ3n) is 4.67. The highest BCUT2D eigenvalue weighted by molar-refractivity contribution is 6.32. The lowest BCUT2D eigenvalue weighted by Crippen LogP contribution is -2.23. The minimum Gasteiger partial charge on any atom is -0.489 e. The number of amides is 1. The standard InChI is InChI=1S/C22H22ClNO5/c1-2-26-13-16-15-6-3-4-7-18(15)29-20(16)22(25)24-12-14-10-17(23)21-19(11-14)27-8-5-9-28-21/h3-4,6-7,10-11H,2,5,8-9,12-13H2,1H3,(H,24,25). The number of rotatable bonds is 6. The first kappa shape index (κ1) is 19.6. The van der Waals surface area contributed by atoms with Crippen LogP contribution in [0.4, 0.5) is 0 Å². The highest BCUT2D eigenvalue weighted by Crippen LogP contribution is 2.38. The van der Waals surface area contributed by atoms with Crippen molar-refractivity contribution in [3.05, 3.63) is 58.3 Å². The Hall–Kier alpha value is -2.70. The molecule has 1 aliphatic heterocycles. The van der Waals surface area contributed by atoms with Crippen LogP contribution in [0.5, 0.6) is 11.5 Å². The summed E-state index contributed by atoms with van der Waals surface area (Å²) in [5, 5.41) is 4.25. The minimum absolute atomic E-state index is 0.264. The maximum Gasteiger partial charge on any atom is 0.287 e. The van der Waals surface area contributed by atoms with Gasteiger partial charge in [0.15, 0.2) is 17.3 Å². The molecule has 1 aliphatic rings. The van der Waals surface area contributed by atoms with E-state index in [4.69, 9.17) is 30.2 Å². The molecule has 0 bridgehead atoms. The monoisotopic (exact) mass is 415 g/mol. The molecule has 0 saturated carbocycles. The molecule has 2 heterocycles. The van der Waals surface area contributed by atoms with Crippen molar-refractivity contribution < 1.29 is 23.4 Å². The Balaban J connectivity index is 1.54. The fraction of sp³-hybridized carbons (Fsp3) is 0.318. The number of para-hydroxylation sites is 1. The summed E-state index contributed by atoms with van der Waals surface area (Å²) in [4.78, 5) is 12.9. The highest BCUT2D eigenvalue weighted by atomic mass is 35.5. The maximum absolute atomic E-state index is 12.9. The van der Waals surface area contributed by atoms with E-state index in [9.17, 15) is 4.79 Å². The van der Waals surface area contributed by atoms with Crippen molar-refractivity contribution in [1.29, 1.82) is 0 Å². The summed E-state index contributed by atoms with van der Waals surface area (Å²) < 4.78 is 22.7. The molecule has 0 aliphatic carbocycles. The number of hydrogen-bond donors (Lipinski definition) is 1. The zero-order valence-corrected chi connectivity index (χ0v) is 16.9. The molecular formula is C22H22ClNO5. The SMILES string of the molecule is CCOCc1c(C(=O)NCc2cc(Cl)c3c(c2)OCCCO3)oc2ccccc12. The van der Waals surface area contributed by atoms with E-state index in [1.165, 1.54) is 0 Å². The van der Waals surface area contributed by atoms with Crippen LogP contribution >= 0.6 is 11.6 Å². The number of fused-ring (bicyclic) bond motifs is 2. The molecule has 3 aromatic rings. The second-order valence-corrected chi connectivity index (χ2v) is 7.09. The first-order valence-electron chi connectivity index (χ1n) is 9.61. The van der Waals surface area contributed by atoms with Crippen LogP contribution < -0.4 is 14.8 Å². The highest BCUT2D eigenvalue weighted by Gasteiger charge is 2.21. The Bertz CT molecular complexity index is 1030. The molecule has 0 fully saturated rings. The lowest BCUT2D eigenvalue weighted by atomic mass is 10.1. The fourth-order valence-electron chi connectivity index (χ4n) is 3.28. The summed E-state index contributed by atoms with van der Waals surface area (Å²) in [7, 11) is 0. The molecule has 6 nitrogen and oxygen atoms in total. The number of furan rings is 1. The Morgan fingerprint density at radius 3 is 2.90 bits per heavy atom. The molecule has 4 rings (SSSR count). The van der Waals surface area contributed by atoms with Gasteiger partial charge >= 0.3 is 0 Å². The van der Waals surface area contributed by atoms with Gasteiger partial charge < -0.3 is 23.9 Å². The Morgan fingerprint density at radius 2 is 2.03 bits per heavy atom. The van der Waals surface area contributed by atoms with Crippen molar-refractivity contribution >= 4 is 28.5 Å². The van der Waals surface area contributed by atoms with Crippen molar-refractivity contribution in [2.45, 2.75) is 26.5 Å². The molecule has 2 aromatic carbocycles. The predicted molar refractivity (Wildman–Crippen MR) is 110 cm³/mol. The quantitative estimate of drug-likeness (QED) is 0.631. The molecule has 0 atom stereocenters. The smallest absolute Gasteiger partial charge is 0.287 e. The van der Waals surface area contributed by atoms with E-state index in [0.29, 0.717) is 48.5 Å². The van der Waals surface area contributed by atoms with E-state index in [-0.39, 0.29) is 18.2 Å². The fourth-order valence-corrected chi connectivity index (χ4v) is 3.57. The summed E-state index contributed by atoms with van der Waals surface area (Å²) in [5.41, 5.74) is 2.22. The zero-order chi connectivity index (χ0) is 20.2. The van der Waals surface area contributed by atoms with E-state index in [1.807, 2.05) is 37.3 Å². The largest absolute Gasteiger partial charge is 0.489 e. The van der Waals surface area contributed by atoms with E-state index in [1.54, 1.807) is 6.07 Å². The summed E-state index contributed by atoms with van der Waals surface area (Å²) in [5.74, 6) is 1.11. The van der Waals surface area contributed by atoms with Gasteiger partial charge in [-0.05, 0) is 30.7 Å². The second kappa shape index (κ2) is 8.76. The van der Waals surface area contributed by atoms with Crippen LogP contribution in [0.3, 0.4) is 0 Å². The maximum atomic E-state index is 12.9. The van der Waals surface area contributed by atoms with Crippen LogP contribution in [-0.2, 0) is 17.9 Å². The van der Waals surface area contributed by atoms with Crippen molar-refractivity contribution in [3.8, 4) is 11.5 Å². The first-order valence-corrected chi connectivity index (χ1v) is 9.99. The molecular weight excluding hydrogens is 394 g/mol. The van der Waals surface area contributed by atoms with Crippen molar-refractivity contribution in [2.24, 2.45) is 0 Å². The normalized spacial score (nSPS) is 13.3. The van der Waals surface area contributed by atoms with E-state index >= 15 is 0 Å². The Labute approximate surface area is 173 Å². The van der Waals surface area contributed by atoms with Crippen LogP contribution in [0.1, 0.15) is 35.0 Å². The van der Waals surface area contributed by atoms with Crippen molar-refractivity contribution in [2.75, 3.05) is 19.8 Å². The summed E-state index contributed by atoms with van der Waals surface area (Å²) in [6, 6.07) is 11.2. The van der Waals surface area contributed by atoms with Gasteiger partial charge in [0.1, 0.15) is 5.58 Å². The van der Waals surface area contributed by atoms with Gasteiger partial charge in [0.2, 0.25) is 0 Å². The lowest BCUT2D eigenvalue weighted by Gasteiger charge is -2.12. The Kier molecular flexibility index (Phi) is 5.92. The van der Waals surface area contributed by atoms with Gasteiger partial charge in [-0.25, -0.2) is 0 Å². The third kappa shape index (κ3) is 4.18. The van der Waals surface area contributed by atoms with Gasteiger partial charge in [-0.3, -0.25) is 4.79 Å². The number of carbonyl (C=O) groups excluding carboxylic acids is 1. The van der Waals surface area contributed by atoms with E-state index < -0.39 is 0 Å². The van der Waals surface area contributed by atoms with Gasteiger partial charge in [-0.2, -0.15) is 0 Å². The number of nitrogens with one attached hydrogen (secondary N) is 1. The van der Waals surface area contributed by atoms with Crippen LogP contribution in [0.25, 0.3) is 11.0 Å². The first-order chi connectivity index (χ1) is 14.2. The molecule has 7 heteroatoms. The molecule has 152 valence electrons. The number of benzene rings is 2. The summed E-state index contributed by atoms with van der Waals surface area (Å²) in [6.45, 7) is 4.19. The van der Waals surface area contributed by atoms with Crippen LogP contribution in [0.2, 0.25) is 5.02 Å². The van der Waals surface area contributed by atoms with Gasteiger partial charge in [0.05, 0.1) is 24.8 Å². The molecule has 0 unspecified atom stereocenters. The molecule has 0 spiro atoms. The van der Waals surface area contributed by atoms with Crippen LogP contribution in [0.15, 0.2) is 40.8 Å². The number of carbonyl (C=O) groups is 1. The van der Waals surface area contributed by atoms with E-state index in [2.05, 4.69) is 5.32 Å². The van der Waals surface area contributed by atoms with Crippen LogP contribution in [0, 0.1) is 0 Å². The van der Waals surface area contributed by atoms with Gasteiger partial charge in [-0.1, -0.05) is 29.8 Å². The molecule has 0 radical (unpaired) electrons. The molecule has 29 heavy (non-hydrogen) atoms. The topological polar surface area (TPSA) is 69.9 Å². The third-order valence-corrected chi connectivity index (χ3v) is 4.95. The number of hydrogen-bond acceptors (Lipinski definition) is 5. The van der Waals surface area contributed by atoms with Crippen molar-refractivity contribution in [1.82, 2.24) is 5.32 Å². The molecule has 1 amide bonds. The molecule has 0 saturated heterocycles.